The van der Waals surface area contributed by atoms with E-state index in [-0.39, 0.29) is 5.41 Å². The molecule has 0 bridgehead atoms. The average molecular weight is 226 g/mol. The molecule has 0 fully saturated rings. The van der Waals surface area contributed by atoms with Crippen LogP contribution in [0.15, 0.2) is 34.9 Å². The quantitative estimate of drug-likeness (QED) is 0.682. The molecule has 1 aromatic heterocycles. The van der Waals surface area contributed by atoms with Gasteiger partial charge in [0.15, 0.2) is 5.69 Å². The van der Waals surface area contributed by atoms with Crippen LogP contribution >= 0.6 is 0 Å². The molecule has 2 aromatic rings. The molecule has 3 heteroatoms. The highest BCUT2D eigenvalue weighted by Gasteiger charge is 2.20. The number of nitrogens with zero attached hydrogens (tertiary/aromatic N) is 2. The molecule has 86 valence electrons. The van der Waals surface area contributed by atoms with Gasteiger partial charge in [0, 0.05) is 11.5 Å². The first-order valence-corrected chi connectivity index (χ1v) is 5.46. The van der Waals surface area contributed by atoms with Crippen molar-refractivity contribution in [1.29, 1.82) is 0 Å². The smallest absolute Gasteiger partial charge is 0.187 e. The molecule has 0 unspecified atom stereocenters. The zero-order chi connectivity index (χ0) is 12.5. The molecule has 3 nitrogen and oxygen atoms in total. The lowest BCUT2D eigenvalue weighted by molar-refractivity contribution is 0.330. The van der Waals surface area contributed by atoms with E-state index < -0.39 is 0 Å². The average Bonchev–Trinajstić information content (AvgIpc) is 2.78. The fraction of sp³-hybridized carbons (Fsp3) is 0.286. The Balaban J connectivity index is 2.41. The summed E-state index contributed by atoms with van der Waals surface area (Å²) in [6.45, 7) is 13.2. The maximum absolute atomic E-state index is 6.99. The van der Waals surface area contributed by atoms with Crippen LogP contribution in [0, 0.1) is 6.57 Å². The third-order valence-electron chi connectivity index (χ3n) is 2.52. The predicted octanol–water partition coefficient (Wildman–Crippen LogP) is 4.19. The molecular weight excluding hydrogens is 212 g/mol. The lowest BCUT2D eigenvalue weighted by Gasteiger charge is -2.12. The highest BCUT2D eigenvalue weighted by molar-refractivity contribution is 5.65. The van der Waals surface area contributed by atoms with Gasteiger partial charge in [0.25, 0.3) is 0 Å². The van der Waals surface area contributed by atoms with E-state index in [9.17, 15) is 0 Å². The van der Waals surface area contributed by atoms with Crippen LogP contribution in [-0.4, -0.2) is 5.16 Å². The van der Waals surface area contributed by atoms with E-state index in [0.29, 0.717) is 5.69 Å². The van der Waals surface area contributed by atoms with Crippen LogP contribution in [0.4, 0.5) is 5.69 Å². The molecule has 1 aromatic carbocycles. The molecule has 0 aliphatic carbocycles. The summed E-state index contributed by atoms with van der Waals surface area (Å²) in [5.74, 6) is 0.848. The summed E-state index contributed by atoms with van der Waals surface area (Å²) < 4.78 is 5.33. The molecule has 0 amide bonds. The van der Waals surface area contributed by atoms with E-state index in [1.165, 1.54) is 0 Å². The van der Waals surface area contributed by atoms with E-state index in [2.05, 4.69) is 30.8 Å². The van der Waals surface area contributed by atoms with Crippen LogP contribution in [0.1, 0.15) is 26.5 Å². The fourth-order valence-electron chi connectivity index (χ4n) is 1.50. The van der Waals surface area contributed by atoms with Gasteiger partial charge in [0.05, 0.1) is 6.57 Å². The van der Waals surface area contributed by atoms with Crippen LogP contribution in [0.25, 0.3) is 16.1 Å². The first kappa shape index (κ1) is 11.4. The van der Waals surface area contributed by atoms with Crippen LogP contribution in [0.3, 0.4) is 0 Å². The van der Waals surface area contributed by atoms with E-state index in [0.717, 1.165) is 17.0 Å². The van der Waals surface area contributed by atoms with Crippen LogP contribution in [0.5, 0.6) is 0 Å². The van der Waals surface area contributed by atoms with Gasteiger partial charge in [-0.25, -0.2) is 4.85 Å². The lowest BCUT2D eigenvalue weighted by Crippen LogP contribution is -2.09. The molecule has 0 aliphatic heterocycles. The standard InChI is InChI=1S/C14H14N2O/c1-14(2,3)13-9-12(16-17-13)10-6-5-7-11(8-10)15-4/h5-9H,1-3H3. The summed E-state index contributed by atoms with van der Waals surface area (Å²) >= 11 is 0. The second-order valence-electron chi connectivity index (χ2n) is 4.99. The normalized spacial score (nSPS) is 11.2. The molecule has 2 rings (SSSR count). The topological polar surface area (TPSA) is 30.4 Å². The molecule has 17 heavy (non-hydrogen) atoms. The SMILES string of the molecule is [C-]#[N+]c1cccc(-c2cc(C(C)(C)C)on2)c1. The van der Waals surface area contributed by atoms with Gasteiger partial charge in [0.1, 0.15) is 11.5 Å². The van der Waals surface area contributed by atoms with Crippen molar-refractivity contribution in [3.05, 3.63) is 47.5 Å². The van der Waals surface area contributed by atoms with Gasteiger partial charge in [-0.15, -0.1) is 0 Å². The third-order valence-corrected chi connectivity index (χ3v) is 2.52. The summed E-state index contributed by atoms with van der Waals surface area (Å²) in [5, 5.41) is 4.05. The van der Waals surface area contributed by atoms with Gasteiger partial charge >= 0.3 is 0 Å². The molecule has 0 saturated carbocycles. The Hall–Kier alpha value is -2.08. The summed E-state index contributed by atoms with van der Waals surface area (Å²) in [7, 11) is 0. The molecule has 0 spiro atoms. The number of rotatable bonds is 1. The molecule has 1 heterocycles. The number of aromatic nitrogens is 1. The van der Waals surface area contributed by atoms with E-state index in [4.69, 9.17) is 11.1 Å². The molecular formula is C14H14N2O. The minimum absolute atomic E-state index is 0.0529. The Morgan fingerprint density at radius 3 is 2.59 bits per heavy atom. The maximum Gasteiger partial charge on any atom is 0.187 e. The van der Waals surface area contributed by atoms with Crippen molar-refractivity contribution in [2.75, 3.05) is 0 Å². The van der Waals surface area contributed by atoms with Crippen molar-refractivity contribution in [3.63, 3.8) is 0 Å². The zero-order valence-corrected chi connectivity index (χ0v) is 10.2. The van der Waals surface area contributed by atoms with Crippen LogP contribution in [-0.2, 0) is 5.41 Å². The van der Waals surface area contributed by atoms with Gasteiger partial charge < -0.3 is 4.52 Å². The first-order chi connectivity index (χ1) is 8.00. The molecule has 0 aliphatic rings. The zero-order valence-electron chi connectivity index (χ0n) is 10.2. The Morgan fingerprint density at radius 2 is 2.00 bits per heavy atom. The largest absolute Gasteiger partial charge is 0.360 e. The van der Waals surface area contributed by atoms with Gasteiger partial charge in [-0.1, -0.05) is 44.1 Å². The molecule has 0 atom stereocenters. The van der Waals surface area contributed by atoms with Crippen molar-refractivity contribution >= 4 is 5.69 Å². The monoisotopic (exact) mass is 226 g/mol. The second-order valence-corrected chi connectivity index (χ2v) is 4.99. The van der Waals surface area contributed by atoms with Gasteiger partial charge in [-0.3, -0.25) is 0 Å². The summed E-state index contributed by atoms with van der Waals surface area (Å²) in [6.07, 6.45) is 0. The van der Waals surface area contributed by atoms with E-state index in [1.807, 2.05) is 24.3 Å². The minimum Gasteiger partial charge on any atom is -0.360 e. The number of hydrogen-bond donors (Lipinski definition) is 0. The highest BCUT2D eigenvalue weighted by atomic mass is 16.5. The van der Waals surface area contributed by atoms with Crippen molar-refractivity contribution in [2.45, 2.75) is 26.2 Å². The molecule has 0 N–H and O–H groups in total. The van der Waals surface area contributed by atoms with Gasteiger partial charge in [-0.05, 0) is 11.6 Å². The predicted molar refractivity (Wildman–Crippen MR) is 66.9 cm³/mol. The highest BCUT2D eigenvalue weighted by Crippen LogP contribution is 2.28. The maximum atomic E-state index is 6.99. The Bertz CT molecular complexity index is 570. The van der Waals surface area contributed by atoms with Crippen molar-refractivity contribution in [2.24, 2.45) is 0 Å². The first-order valence-electron chi connectivity index (χ1n) is 5.46. The van der Waals surface area contributed by atoms with E-state index >= 15 is 0 Å². The summed E-state index contributed by atoms with van der Waals surface area (Å²) in [4.78, 5) is 3.40. The fourth-order valence-corrected chi connectivity index (χ4v) is 1.50. The van der Waals surface area contributed by atoms with Gasteiger partial charge in [-0.2, -0.15) is 0 Å². The minimum atomic E-state index is -0.0529. The van der Waals surface area contributed by atoms with Crippen molar-refractivity contribution < 1.29 is 4.52 Å². The van der Waals surface area contributed by atoms with Crippen molar-refractivity contribution in [3.8, 4) is 11.3 Å². The molecule has 0 radical (unpaired) electrons. The second kappa shape index (κ2) is 4.06. The van der Waals surface area contributed by atoms with Gasteiger partial charge in [0.2, 0.25) is 0 Å². The summed E-state index contributed by atoms with van der Waals surface area (Å²) in [5.41, 5.74) is 2.25. The lowest BCUT2D eigenvalue weighted by atomic mass is 9.93. The number of benzene rings is 1. The Morgan fingerprint density at radius 1 is 1.24 bits per heavy atom. The Kier molecular flexibility index (Phi) is 2.72. The van der Waals surface area contributed by atoms with Crippen molar-refractivity contribution in [1.82, 2.24) is 5.16 Å². The van der Waals surface area contributed by atoms with E-state index in [1.54, 1.807) is 6.07 Å². The Labute approximate surface area is 101 Å². The van der Waals surface area contributed by atoms with Crippen LogP contribution in [0.2, 0.25) is 0 Å². The summed E-state index contributed by atoms with van der Waals surface area (Å²) in [6, 6.07) is 9.31. The number of hydrogen-bond acceptors (Lipinski definition) is 2. The third kappa shape index (κ3) is 2.36. The molecule has 0 saturated heterocycles. The van der Waals surface area contributed by atoms with Crippen LogP contribution < -0.4 is 0 Å².